The summed E-state index contributed by atoms with van der Waals surface area (Å²) in [6, 6.07) is 7.06. The minimum Gasteiger partial charge on any atom is -0.493 e. The minimum absolute atomic E-state index is 0.0647. The average Bonchev–Trinajstić information content (AvgIpc) is 2.96. The minimum atomic E-state index is -0.0647. The summed E-state index contributed by atoms with van der Waals surface area (Å²) in [5.41, 5.74) is 0.737. The van der Waals surface area contributed by atoms with Crippen molar-refractivity contribution in [1.82, 2.24) is 9.97 Å². The number of methoxy groups -OCH3 is 1. The Balaban J connectivity index is 2.04. The zero-order chi connectivity index (χ0) is 14.8. The molecule has 0 aliphatic carbocycles. The number of aliphatic hydroxyl groups is 1. The van der Waals surface area contributed by atoms with Crippen LogP contribution in [0, 0.1) is 0 Å². The molecule has 7 heteroatoms. The number of rotatable bonds is 4. The van der Waals surface area contributed by atoms with E-state index in [1.807, 2.05) is 11.4 Å². The molecular weight excluding hydrogens is 312 g/mol. The van der Waals surface area contributed by atoms with Crippen LogP contribution in [-0.4, -0.2) is 22.2 Å². The first-order valence-electron chi connectivity index (χ1n) is 6.07. The molecule has 1 aromatic carbocycles. The van der Waals surface area contributed by atoms with E-state index in [1.54, 1.807) is 18.2 Å². The summed E-state index contributed by atoms with van der Waals surface area (Å²) >= 11 is 7.37. The Morgan fingerprint density at radius 2 is 2.10 bits per heavy atom. The highest BCUT2D eigenvalue weighted by atomic mass is 35.5. The van der Waals surface area contributed by atoms with Gasteiger partial charge in [0.15, 0.2) is 11.5 Å². The van der Waals surface area contributed by atoms with Crippen molar-refractivity contribution in [3.8, 4) is 17.4 Å². The van der Waals surface area contributed by atoms with Crippen LogP contribution in [0.1, 0.15) is 5.56 Å². The Hall–Kier alpha value is -1.89. The number of thiophene rings is 1. The van der Waals surface area contributed by atoms with Crippen molar-refractivity contribution >= 4 is 33.2 Å². The number of fused-ring (bicyclic) bond motifs is 1. The van der Waals surface area contributed by atoms with Crippen LogP contribution in [0.3, 0.4) is 0 Å². The van der Waals surface area contributed by atoms with Gasteiger partial charge in [0.1, 0.15) is 4.83 Å². The number of hydrogen-bond donors (Lipinski definition) is 1. The fraction of sp³-hybridized carbons (Fsp3) is 0.143. The molecule has 1 N–H and O–H groups in total. The van der Waals surface area contributed by atoms with Crippen LogP contribution < -0.4 is 9.47 Å². The first-order chi connectivity index (χ1) is 10.2. The van der Waals surface area contributed by atoms with Gasteiger partial charge in [-0.1, -0.05) is 6.07 Å². The highest BCUT2D eigenvalue weighted by Crippen LogP contribution is 2.36. The molecule has 0 spiro atoms. The smallest absolute Gasteiger partial charge is 0.232 e. The monoisotopic (exact) mass is 322 g/mol. The molecule has 5 nitrogen and oxygen atoms in total. The predicted molar refractivity (Wildman–Crippen MR) is 81.4 cm³/mol. The second-order valence-corrected chi connectivity index (χ2v) is 5.42. The Morgan fingerprint density at radius 1 is 1.24 bits per heavy atom. The van der Waals surface area contributed by atoms with E-state index in [-0.39, 0.29) is 11.9 Å². The summed E-state index contributed by atoms with van der Waals surface area (Å²) in [5.74, 6) is 1.39. The zero-order valence-corrected chi connectivity index (χ0v) is 12.6. The lowest BCUT2D eigenvalue weighted by atomic mass is 10.2. The van der Waals surface area contributed by atoms with Crippen molar-refractivity contribution in [3.63, 3.8) is 0 Å². The van der Waals surface area contributed by atoms with E-state index in [0.717, 1.165) is 15.8 Å². The van der Waals surface area contributed by atoms with Gasteiger partial charge in [0.2, 0.25) is 11.2 Å². The van der Waals surface area contributed by atoms with Gasteiger partial charge in [-0.2, -0.15) is 4.98 Å². The number of aromatic nitrogens is 2. The SMILES string of the molecule is COc1cc(CO)ccc1Oc1nc(Cl)nc2sccc12. The molecule has 21 heavy (non-hydrogen) atoms. The lowest BCUT2D eigenvalue weighted by Crippen LogP contribution is -1.95. The van der Waals surface area contributed by atoms with E-state index in [4.69, 9.17) is 26.2 Å². The van der Waals surface area contributed by atoms with Crippen LogP contribution in [0.15, 0.2) is 29.6 Å². The van der Waals surface area contributed by atoms with Crippen LogP contribution in [0.4, 0.5) is 0 Å². The largest absolute Gasteiger partial charge is 0.493 e. The summed E-state index contributed by atoms with van der Waals surface area (Å²) in [6.45, 7) is -0.0647. The molecule has 2 aromatic heterocycles. The summed E-state index contributed by atoms with van der Waals surface area (Å²) < 4.78 is 11.1. The standard InChI is InChI=1S/C14H11ClN2O3S/c1-19-11-6-8(7-18)2-3-10(11)20-12-9-4-5-21-13(9)17-14(15)16-12/h2-6,18H,7H2,1H3. The van der Waals surface area contributed by atoms with Crippen molar-refractivity contribution in [1.29, 1.82) is 0 Å². The summed E-state index contributed by atoms with van der Waals surface area (Å²) in [4.78, 5) is 9.02. The third kappa shape index (κ3) is 2.78. The van der Waals surface area contributed by atoms with Crippen LogP contribution in [0.5, 0.6) is 17.4 Å². The lowest BCUT2D eigenvalue weighted by molar-refractivity contribution is 0.280. The molecule has 3 rings (SSSR count). The fourth-order valence-corrected chi connectivity index (χ4v) is 2.85. The molecule has 0 saturated carbocycles. The van der Waals surface area contributed by atoms with E-state index in [2.05, 4.69) is 9.97 Å². The molecule has 0 aliphatic heterocycles. The second-order valence-electron chi connectivity index (χ2n) is 4.18. The molecule has 108 valence electrons. The summed E-state index contributed by atoms with van der Waals surface area (Å²) in [6.07, 6.45) is 0. The molecule has 0 fully saturated rings. The lowest BCUT2D eigenvalue weighted by Gasteiger charge is -2.11. The Kier molecular flexibility index (Phi) is 3.92. The van der Waals surface area contributed by atoms with Gasteiger partial charge in [-0.05, 0) is 40.7 Å². The molecular formula is C14H11ClN2O3S. The fourth-order valence-electron chi connectivity index (χ4n) is 1.88. The first kappa shape index (κ1) is 14.1. The Labute approximate surface area is 129 Å². The highest BCUT2D eigenvalue weighted by Gasteiger charge is 2.13. The predicted octanol–water partition coefficient (Wildman–Crippen LogP) is 3.64. The molecule has 0 saturated heterocycles. The van der Waals surface area contributed by atoms with E-state index < -0.39 is 0 Å². The number of halogens is 1. The molecule has 0 unspecified atom stereocenters. The van der Waals surface area contributed by atoms with Crippen molar-refractivity contribution in [2.24, 2.45) is 0 Å². The quantitative estimate of drug-likeness (QED) is 0.743. The Morgan fingerprint density at radius 3 is 2.86 bits per heavy atom. The Bertz CT molecular complexity index is 791. The number of aliphatic hydroxyl groups excluding tert-OH is 1. The van der Waals surface area contributed by atoms with Gasteiger partial charge in [0, 0.05) is 0 Å². The van der Waals surface area contributed by atoms with Crippen molar-refractivity contribution in [2.75, 3.05) is 7.11 Å². The average molecular weight is 323 g/mol. The molecule has 0 radical (unpaired) electrons. The number of nitrogens with zero attached hydrogens (tertiary/aromatic N) is 2. The van der Waals surface area contributed by atoms with E-state index in [9.17, 15) is 0 Å². The van der Waals surface area contributed by atoms with Gasteiger partial charge in [-0.15, -0.1) is 11.3 Å². The van der Waals surface area contributed by atoms with Gasteiger partial charge in [-0.3, -0.25) is 0 Å². The zero-order valence-electron chi connectivity index (χ0n) is 11.0. The molecule has 0 aliphatic rings. The van der Waals surface area contributed by atoms with Crippen LogP contribution in [0.2, 0.25) is 5.28 Å². The summed E-state index contributed by atoms with van der Waals surface area (Å²) in [5, 5.41) is 12.0. The third-order valence-electron chi connectivity index (χ3n) is 2.88. The second kappa shape index (κ2) is 5.85. The van der Waals surface area contributed by atoms with E-state index >= 15 is 0 Å². The van der Waals surface area contributed by atoms with Crippen LogP contribution in [-0.2, 0) is 6.61 Å². The van der Waals surface area contributed by atoms with E-state index in [1.165, 1.54) is 18.4 Å². The van der Waals surface area contributed by atoms with Crippen molar-refractivity contribution in [2.45, 2.75) is 6.61 Å². The van der Waals surface area contributed by atoms with Gasteiger partial charge < -0.3 is 14.6 Å². The first-order valence-corrected chi connectivity index (χ1v) is 7.33. The van der Waals surface area contributed by atoms with E-state index in [0.29, 0.717) is 17.4 Å². The maximum Gasteiger partial charge on any atom is 0.232 e. The van der Waals surface area contributed by atoms with Crippen LogP contribution in [0.25, 0.3) is 10.2 Å². The van der Waals surface area contributed by atoms with Gasteiger partial charge >= 0.3 is 0 Å². The van der Waals surface area contributed by atoms with Gasteiger partial charge in [-0.25, -0.2) is 4.98 Å². The number of benzene rings is 1. The maximum atomic E-state index is 9.16. The maximum absolute atomic E-state index is 9.16. The normalized spacial score (nSPS) is 10.8. The van der Waals surface area contributed by atoms with Gasteiger partial charge in [0.05, 0.1) is 19.1 Å². The van der Waals surface area contributed by atoms with Gasteiger partial charge in [0.25, 0.3) is 0 Å². The topological polar surface area (TPSA) is 64.5 Å². The highest BCUT2D eigenvalue weighted by molar-refractivity contribution is 7.16. The summed E-state index contributed by atoms with van der Waals surface area (Å²) in [7, 11) is 1.54. The van der Waals surface area contributed by atoms with Crippen molar-refractivity contribution in [3.05, 3.63) is 40.5 Å². The molecule has 3 aromatic rings. The van der Waals surface area contributed by atoms with Crippen LogP contribution >= 0.6 is 22.9 Å². The molecule has 2 heterocycles. The number of hydrogen-bond acceptors (Lipinski definition) is 6. The van der Waals surface area contributed by atoms with Crippen molar-refractivity contribution < 1.29 is 14.6 Å². The molecule has 0 amide bonds. The third-order valence-corrected chi connectivity index (χ3v) is 3.86. The molecule has 0 bridgehead atoms. The molecule has 0 atom stereocenters. The number of ether oxygens (including phenoxy) is 2.